The summed E-state index contributed by atoms with van der Waals surface area (Å²) in [5.41, 5.74) is 1.63. The van der Waals surface area contributed by atoms with E-state index in [9.17, 15) is 4.79 Å². The van der Waals surface area contributed by atoms with E-state index in [1.807, 2.05) is 27.7 Å². The third kappa shape index (κ3) is 2.68. The molecule has 0 aliphatic carbocycles. The van der Waals surface area contributed by atoms with Gasteiger partial charge < -0.3 is 4.74 Å². The number of nitrogens with zero attached hydrogens (tertiary/aromatic N) is 1. The molecule has 2 atom stereocenters. The van der Waals surface area contributed by atoms with Gasteiger partial charge in [-0.1, -0.05) is 0 Å². The second-order valence-electron chi connectivity index (χ2n) is 4.69. The van der Waals surface area contributed by atoms with Crippen LogP contribution in [0.3, 0.4) is 0 Å². The molecule has 1 amide bonds. The van der Waals surface area contributed by atoms with Gasteiger partial charge in [0, 0.05) is 13.1 Å². The molecule has 1 aliphatic rings. The maximum atomic E-state index is 11.6. The van der Waals surface area contributed by atoms with E-state index in [0.717, 1.165) is 13.1 Å². The van der Waals surface area contributed by atoms with E-state index in [1.54, 1.807) is 0 Å². The molecule has 0 aromatic carbocycles. The van der Waals surface area contributed by atoms with Crippen LogP contribution in [-0.4, -0.2) is 41.6 Å². The highest BCUT2D eigenvalue weighted by molar-refractivity contribution is 5.84. The van der Waals surface area contributed by atoms with E-state index in [2.05, 4.69) is 10.3 Å². The summed E-state index contributed by atoms with van der Waals surface area (Å²) in [6.45, 7) is 9.29. The normalized spacial score (nSPS) is 28.9. The molecule has 1 fully saturated rings. The average Bonchev–Trinajstić information content (AvgIpc) is 2.15. The minimum atomic E-state index is -0.582. The van der Waals surface area contributed by atoms with Crippen molar-refractivity contribution in [2.45, 2.75) is 45.4 Å². The standard InChI is InChI=1S/C10H21N3O2/c1-7-5-13(6-8(2)15-7)10(3,4)9(14)12-11/h7-8H,5-6,11H2,1-4H3,(H,12,14)/t7-,8-/m0/s1. The van der Waals surface area contributed by atoms with Crippen molar-refractivity contribution in [3.8, 4) is 0 Å². The zero-order valence-corrected chi connectivity index (χ0v) is 9.91. The van der Waals surface area contributed by atoms with E-state index in [1.165, 1.54) is 0 Å². The highest BCUT2D eigenvalue weighted by atomic mass is 16.5. The molecule has 0 saturated carbocycles. The fourth-order valence-electron chi connectivity index (χ4n) is 1.95. The number of nitrogens with one attached hydrogen (secondary N) is 1. The number of hydrazine groups is 1. The Morgan fingerprint density at radius 2 is 1.87 bits per heavy atom. The number of hydrogen-bond acceptors (Lipinski definition) is 4. The van der Waals surface area contributed by atoms with Crippen molar-refractivity contribution in [1.29, 1.82) is 0 Å². The molecule has 3 N–H and O–H groups in total. The van der Waals surface area contributed by atoms with Crippen LogP contribution in [0.2, 0.25) is 0 Å². The topological polar surface area (TPSA) is 67.6 Å². The van der Waals surface area contributed by atoms with Gasteiger partial charge in [0.15, 0.2) is 0 Å². The van der Waals surface area contributed by atoms with E-state index in [0.29, 0.717) is 0 Å². The van der Waals surface area contributed by atoms with E-state index >= 15 is 0 Å². The number of ether oxygens (including phenoxy) is 1. The minimum Gasteiger partial charge on any atom is -0.373 e. The summed E-state index contributed by atoms with van der Waals surface area (Å²) < 4.78 is 5.62. The fraction of sp³-hybridized carbons (Fsp3) is 0.900. The molecule has 0 aromatic rings. The second kappa shape index (κ2) is 4.47. The van der Waals surface area contributed by atoms with Crippen molar-refractivity contribution in [2.24, 2.45) is 5.84 Å². The van der Waals surface area contributed by atoms with Gasteiger partial charge in [0.2, 0.25) is 0 Å². The van der Waals surface area contributed by atoms with E-state index in [-0.39, 0.29) is 18.1 Å². The number of hydrogen-bond donors (Lipinski definition) is 2. The maximum Gasteiger partial charge on any atom is 0.253 e. The minimum absolute atomic E-state index is 0.151. The Morgan fingerprint density at radius 1 is 1.40 bits per heavy atom. The summed E-state index contributed by atoms with van der Waals surface area (Å²) in [4.78, 5) is 13.7. The van der Waals surface area contributed by atoms with Gasteiger partial charge in [0.05, 0.1) is 17.7 Å². The van der Waals surface area contributed by atoms with Crippen molar-refractivity contribution >= 4 is 5.91 Å². The summed E-state index contributed by atoms with van der Waals surface area (Å²) in [5.74, 6) is 5.01. The molecule has 0 aromatic heterocycles. The molecule has 0 radical (unpaired) electrons. The molecule has 5 nitrogen and oxygen atoms in total. The Morgan fingerprint density at radius 3 is 2.27 bits per heavy atom. The molecular formula is C10H21N3O2. The number of nitrogens with two attached hydrogens (primary N) is 1. The lowest BCUT2D eigenvalue weighted by atomic mass is 9.99. The largest absolute Gasteiger partial charge is 0.373 e. The van der Waals surface area contributed by atoms with Crippen LogP contribution >= 0.6 is 0 Å². The molecule has 15 heavy (non-hydrogen) atoms. The highest BCUT2D eigenvalue weighted by Gasteiger charge is 2.38. The summed E-state index contributed by atoms with van der Waals surface area (Å²) in [6, 6.07) is 0. The lowest BCUT2D eigenvalue weighted by molar-refractivity contribution is -0.141. The number of rotatable bonds is 2. The summed E-state index contributed by atoms with van der Waals surface area (Å²) >= 11 is 0. The predicted octanol–water partition coefficient (Wildman–Crippen LogP) is -0.136. The summed E-state index contributed by atoms with van der Waals surface area (Å²) in [6.07, 6.45) is 0.303. The first-order chi connectivity index (χ1) is 6.87. The number of morpholine rings is 1. The van der Waals surface area contributed by atoms with Crippen LogP contribution in [0, 0.1) is 0 Å². The lowest BCUT2D eigenvalue weighted by Crippen LogP contribution is -2.61. The molecule has 1 rings (SSSR count). The predicted molar refractivity (Wildman–Crippen MR) is 58.0 cm³/mol. The van der Waals surface area contributed by atoms with E-state index in [4.69, 9.17) is 10.6 Å². The number of carbonyl (C=O) groups excluding carboxylic acids is 1. The highest BCUT2D eigenvalue weighted by Crippen LogP contribution is 2.21. The Kier molecular flexibility index (Phi) is 3.70. The lowest BCUT2D eigenvalue weighted by Gasteiger charge is -2.43. The first-order valence-electron chi connectivity index (χ1n) is 5.29. The molecular weight excluding hydrogens is 194 g/mol. The first kappa shape index (κ1) is 12.4. The third-order valence-electron chi connectivity index (χ3n) is 2.90. The van der Waals surface area contributed by atoms with Crippen LogP contribution in [0.5, 0.6) is 0 Å². The molecule has 1 saturated heterocycles. The van der Waals surface area contributed by atoms with Crippen LogP contribution in [0.25, 0.3) is 0 Å². The molecule has 88 valence electrons. The SMILES string of the molecule is C[C@H]1CN(C(C)(C)C(=O)NN)C[C@H](C)O1. The number of carbonyl (C=O) groups is 1. The van der Waals surface area contributed by atoms with Gasteiger partial charge in [-0.2, -0.15) is 0 Å². The molecule has 1 heterocycles. The van der Waals surface area contributed by atoms with Crippen molar-refractivity contribution in [1.82, 2.24) is 10.3 Å². The van der Waals surface area contributed by atoms with Crippen LogP contribution in [0.1, 0.15) is 27.7 Å². The smallest absolute Gasteiger partial charge is 0.253 e. The van der Waals surface area contributed by atoms with Crippen LogP contribution in [0.4, 0.5) is 0 Å². The average molecular weight is 215 g/mol. The van der Waals surface area contributed by atoms with Gasteiger partial charge in [-0.05, 0) is 27.7 Å². The molecule has 5 heteroatoms. The van der Waals surface area contributed by atoms with Gasteiger partial charge in [-0.15, -0.1) is 0 Å². The van der Waals surface area contributed by atoms with Crippen LogP contribution in [-0.2, 0) is 9.53 Å². The van der Waals surface area contributed by atoms with Crippen LogP contribution < -0.4 is 11.3 Å². The Balaban J connectivity index is 2.73. The first-order valence-corrected chi connectivity index (χ1v) is 5.29. The van der Waals surface area contributed by atoms with Crippen molar-refractivity contribution in [2.75, 3.05) is 13.1 Å². The second-order valence-corrected chi connectivity index (χ2v) is 4.69. The summed E-state index contributed by atoms with van der Waals surface area (Å²) in [5, 5.41) is 0. The van der Waals surface area contributed by atoms with E-state index < -0.39 is 5.54 Å². The molecule has 0 spiro atoms. The zero-order valence-electron chi connectivity index (χ0n) is 9.91. The Labute approximate surface area is 90.9 Å². The summed E-state index contributed by atoms with van der Waals surface area (Å²) in [7, 11) is 0. The molecule has 0 bridgehead atoms. The van der Waals surface area contributed by atoms with Crippen LogP contribution in [0.15, 0.2) is 0 Å². The van der Waals surface area contributed by atoms with Crippen molar-refractivity contribution < 1.29 is 9.53 Å². The van der Waals surface area contributed by atoms with Gasteiger partial charge >= 0.3 is 0 Å². The van der Waals surface area contributed by atoms with Gasteiger partial charge in [0.25, 0.3) is 5.91 Å². The molecule has 1 aliphatic heterocycles. The third-order valence-corrected chi connectivity index (χ3v) is 2.90. The quantitative estimate of drug-likeness (QED) is 0.382. The van der Waals surface area contributed by atoms with Crippen molar-refractivity contribution in [3.05, 3.63) is 0 Å². The number of amides is 1. The van der Waals surface area contributed by atoms with Gasteiger partial charge in [-0.25, -0.2) is 5.84 Å². The fourth-order valence-corrected chi connectivity index (χ4v) is 1.95. The Bertz CT molecular complexity index is 233. The van der Waals surface area contributed by atoms with Gasteiger partial charge in [-0.3, -0.25) is 15.1 Å². The van der Waals surface area contributed by atoms with Gasteiger partial charge in [0.1, 0.15) is 0 Å². The zero-order chi connectivity index (χ0) is 11.6. The Hall–Kier alpha value is -0.650. The maximum absolute atomic E-state index is 11.6. The molecule has 0 unspecified atom stereocenters. The monoisotopic (exact) mass is 215 g/mol. The van der Waals surface area contributed by atoms with Crippen molar-refractivity contribution in [3.63, 3.8) is 0 Å².